The molecule has 0 aromatic rings. The predicted molar refractivity (Wildman–Crippen MR) is 33.6 cm³/mol. The molecule has 0 bridgehead atoms. The molecule has 0 aliphatic rings. The van der Waals surface area contributed by atoms with Gasteiger partial charge in [0.2, 0.25) is 6.41 Å². The van der Waals surface area contributed by atoms with Crippen LogP contribution in [0.3, 0.4) is 0 Å². The van der Waals surface area contributed by atoms with Crippen molar-refractivity contribution in [3.8, 4) is 0 Å². The lowest BCUT2D eigenvalue weighted by molar-refractivity contribution is -0.134. The van der Waals surface area contributed by atoms with Crippen LogP contribution in [0, 0.1) is 0 Å². The highest BCUT2D eigenvalue weighted by Crippen LogP contribution is 1.83. The Balaban J connectivity index is 3.93. The van der Waals surface area contributed by atoms with Gasteiger partial charge in [-0.2, -0.15) is 0 Å². The minimum Gasteiger partial charge on any atom is -0.282 e. The van der Waals surface area contributed by atoms with Gasteiger partial charge in [0, 0.05) is 6.54 Å². The largest absolute Gasteiger partial charge is 0.282 e. The average Bonchev–Trinajstić information content (AvgIpc) is 1.90. The van der Waals surface area contributed by atoms with Crippen LogP contribution in [0.4, 0.5) is 0 Å². The van der Waals surface area contributed by atoms with Gasteiger partial charge >= 0.3 is 0 Å². The molecule has 0 fully saturated rings. The molecule has 0 aromatic carbocycles. The molecule has 0 radical (unpaired) electrons. The van der Waals surface area contributed by atoms with Gasteiger partial charge in [-0.25, -0.2) is 0 Å². The number of hydrogen-bond donors (Lipinski definition) is 0. The van der Waals surface area contributed by atoms with E-state index >= 15 is 0 Å². The first kappa shape index (κ1) is 7.88. The molecule has 0 heterocycles. The molecule has 0 N–H and O–H groups in total. The summed E-state index contributed by atoms with van der Waals surface area (Å²) in [4.78, 5) is 21.6. The van der Waals surface area contributed by atoms with Crippen LogP contribution < -0.4 is 0 Å². The van der Waals surface area contributed by atoms with Crippen molar-refractivity contribution in [2.75, 3.05) is 6.54 Å². The van der Waals surface area contributed by atoms with E-state index in [0.717, 1.165) is 11.0 Å². The van der Waals surface area contributed by atoms with E-state index in [9.17, 15) is 9.59 Å². The summed E-state index contributed by atoms with van der Waals surface area (Å²) in [5.74, 6) is -0.354. The molecule has 3 nitrogen and oxygen atoms in total. The zero-order valence-corrected chi connectivity index (χ0v) is 5.33. The monoisotopic (exact) mass is 127 g/mol. The number of likely N-dealkylation sites (N-methyl/N-ethyl adjacent to an activating group) is 1. The second kappa shape index (κ2) is 3.83. The molecule has 0 spiro atoms. The smallest absolute Gasteiger partial charge is 0.252 e. The van der Waals surface area contributed by atoms with Gasteiger partial charge in [-0.15, -0.1) is 0 Å². The Morgan fingerprint density at radius 2 is 2.33 bits per heavy atom. The Morgan fingerprint density at radius 3 is 2.44 bits per heavy atom. The molecule has 0 atom stereocenters. The van der Waals surface area contributed by atoms with Crippen LogP contribution in [0.2, 0.25) is 0 Å². The summed E-state index contributed by atoms with van der Waals surface area (Å²) in [7, 11) is 0. The number of hydrogen-bond acceptors (Lipinski definition) is 2. The first-order valence-electron chi connectivity index (χ1n) is 2.64. The van der Waals surface area contributed by atoms with Crippen LogP contribution in [-0.4, -0.2) is 23.8 Å². The van der Waals surface area contributed by atoms with Gasteiger partial charge in [0.1, 0.15) is 0 Å². The van der Waals surface area contributed by atoms with Gasteiger partial charge in [0.15, 0.2) is 0 Å². The summed E-state index contributed by atoms with van der Waals surface area (Å²) in [5, 5.41) is 0. The molecule has 9 heavy (non-hydrogen) atoms. The number of carbonyl (C=O) groups excluding carboxylic acids is 2. The van der Waals surface area contributed by atoms with E-state index in [1.54, 1.807) is 6.92 Å². The van der Waals surface area contributed by atoms with E-state index < -0.39 is 0 Å². The van der Waals surface area contributed by atoms with Crippen LogP contribution >= 0.6 is 0 Å². The van der Waals surface area contributed by atoms with Crippen molar-refractivity contribution in [2.24, 2.45) is 0 Å². The molecule has 0 aliphatic carbocycles. The van der Waals surface area contributed by atoms with Crippen LogP contribution in [0.15, 0.2) is 12.7 Å². The summed E-state index contributed by atoms with van der Waals surface area (Å²) in [6.07, 6.45) is 1.60. The van der Waals surface area contributed by atoms with Crippen molar-refractivity contribution in [1.29, 1.82) is 0 Å². The standard InChI is InChI=1S/C6H9NO2/c1-3-6(9)7(4-2)5-8/h3,5H,1,4H2,2H3. The van der Waals surface area contributed by atoms with E-state index in [1.165, 1.54) is 0 Å². The predicted octanol–water partition coefficient (Wildman–Crippen LogP) is 0.177. The molecule has 0 saturated carbocycles. The summed E-state index contributed by atoms with van der Waals surface area (Å²) < 4.78 is 0. The van der Waals surface area contributed by atoms with Crippen molar-refractivity contribution in [3.63, 3.8) is 0 Å². The van der Waals surface area contributed by atoms with Crippen molar-refractivity contribution in [2.45, 2.75) is 6.92 Å². The normalized spacial score (nSPS) is 8.11. The summed E-state index contributed by atoms with van der Waals surface area (Å²) >= 11 is 0. The number of imide groups is 1. The summed E-state index contributed by atoms with van der Waals surface area (Å²) in [5.41, 5.74) is 0. The molecule has 0 rings (SSSR count). The lowest BCUT2D eigenvalue weighted by Gasteiger charge is -2.07. The number of amides is 2. The van der Waals surface area contributed by atoms with Gasteiger partial charge in [-0.3, -0.25) is 14.5 Å². The van der Waals surface area contributed by atoms with Crippen molar-refractivity contribution < 1.29 is 9.59 Å². The van der Waals surface area contributed by atoms with E-state index in [1.807, 2.05) is 0 Å². The maximum Gasteiger partial charge on any atom is 0.252 e. The molecule has 0 aromatic heterocycles. The second-order valence-corrected chi connectivity index (χ2v) is 1.43. The van der Waals surface area contributed by atoms with E-state index in [4.69, 9.17) is 0 Å². The third-order valence-corrected chi connectivity index (χ3v) is 0.926. The van der Waals surface area contributed by atoms with Gasteiger partial charge in [0.25, 0.3) is 5.91 Å². The van der Waals surface area contributed by atoms with Crippen molar-refractivity contribution in [1.82, 2.24) is 4.90 Å². The zero-order chi connectivity index (χ0) is 7.28. The number of nitrogens with zero attached hydrogens (tertiary/aromatic N) is 1. The fourth-order valence-electron chi connectivity index (χ4n) is 0.400. The Labute approximate surface area is 54.0 Å². The van der Waals surface area contributed by atoms with Crippen LogP contribution in [0.25, 0.3) is 0 Å². The number of carbonyl (C=O) groups is 2. The molecule has 0 saturated heterocycles. The van der Waals surface area contributed by atoms with E-state index in [2.05, 4.69) is 6.58 Å². The van der Waals surface area contributed by atoms with Crippen molar-refractivity contribution in [3.05, 3.63) is 12.7 Å². The Bertz CT molecular complexity index is 131. The highest BCUT2D eigenvalue weighted by molar-refractivity contribution is 5.94. The van der Waals surface area contributed by atoms with E-state index in [0.29, 0.717) is 13.0 Å². The van der Waals surface area contributed by atoms with Gasteiger partial charge in [-0.05, 0) is 13.0 Å². The fraction of sp³-hybridized carbons (Fsp3) is 0.333. The summed E-state index contributed by atoms with van der Waals surface area (Å²) in [6, 6.07) is 0. The molecular formula is C6H9NO2. The average molecular weight is 127 g/mol. The fourth-order valence-corrected chi connectivity index (χ4v) is 0.400. The Hall–Kier alpha value is -1.12. The highest BCUT2D eigenvalue weighted by Gasteiger charge is 2.02. The molecule has 2 amide bonds. The lowest BCUT2D eigenvalue weighted by Crippen LogP contribution is -2.26. The van der Waals surface area contributed by atoms with E-state index in [-0.39, 0.29) is 5.91 Å². The Kier molecular flexibility index (Phi) is 3.35. The van der Waals surface area contributed by atoms with Gasteiger partial charge in [-0.1, -0.05) is 6.58 Å². The van der Waals surface area contributed by atoms with Crippen LogP contribution in [0.5, 0.6) is 0 Å². The zero-order valence-electron chi connectivity index (χ0n) is 5.33. The maximum absolute atomic E-state index is 10.6. The minimum atomic E-state index is -0.354. The minimum absolute atomic E-state index is 0.354. The molecular weight excluding hydrogens is 118 g/mol. The molecule has 0 aliphatic heterocycles. The lowest BCUT2D eigenvalue weighted by atomic mass is 10.5. The second-order valence-electron chi connectivity index (χ2n) is 1.43. The van der Waals surface area contributed by atoms with Gasteiger partial charge in [0.05, 0.1) is 0 Å². The van der Waals surface area contributed by atoms with Crippen LogP contribution in [0.1, 0.15) is 6.92 Å². The third-order valence-electron chi connectivity index (χ3n) is 0.926. The molecule has 50 valence electrons. The Morgan fingerprint density at radius 1 is 1.78 bits per heavy atom. The first-order chi connectivity index (χ1) is 4.26. The topological polar surface area (TPSA) is 37.4 Å². The first-order valence-corrected chi connectivity index (χ1v) is 2.64. The van der Waals surface area contributed by atoms with Gasteiger partial charge < -0.3 is 0 Å². The van der Waals surface area contributed by atoms with Crippen molar-refractivity contribution >= 4 is 12.3 Å². The highest BCUT2D eigenvalue weighted by atomic mass is 16.2. The third kappa shape index (κ3) is 2.08. The quantitative estimate of drug-likeness (QED) is 0.400. The summed E-state index contributed by atoms with van der Waals surface area (Å²) in [6.45, 7) is 5.34. The SMILES string of the molecule is C=CC(=O)N(C=O)CC. The number of rotatable bonds is 3. The van der Waals surface area contributed by atoms with Crippen LogP contribution in [-0.2, 0) is 9.59 Å². The maximum atomic E-state index is 10.6. The molecule has 0 unspecified atom stereocenters. The molecule has 3 heteroatoms.